The molecule has 0 aromatic heterocycles. The molecule has 2 unspecified atom stereocenters. The Morgan fingerprint density at radius 3 is 2.63 bits per heavy atom. The summed E-state index contributed by atoms with van der Waals surface area (Å²) in [4.78, 5) is 7.56. The van der Waals surface area contributed by atoms with Crippen molar-refractivity contribution < 1.29 is 8.95 Å². The molecule has 27 heavy (non-hydrogen) atoms. The van der Waals surface area contributed by atoms with Crippen LogP contribution in [-0.2, 0) is 10.8 Å². The number of aliphatic imine (C=N–C) groups is 1. The lowest BCUT2D eigenvalue weighted by molar-refractivity contribution is 0.414. The van der Waals surface area contributed by atoms with E-state index in [9.17, 15) is 4.21 Å². The maximum Gasteiger partial charge on any atom is 0.193 e. The highest BCUT2D eigenvalue weighted by atomic mass is 32.2. The van der Waals surface area contributed by atoms with E-state index in [0.29, 0.717) is 18.2 Å². The number of rotatable bonds is 6. The Balaban J connectivity index is 1.50. The van der Waals surface area contributed by atoms with Crippen LogP contribution in [0.2, 0.25) is 0 Å². The van der Waals surface area contributed by atoms with Gasteiger partial charge in [-0.2, -0.15) is 0 Å². The van der Waals surface area contributed by atoms with Crippen LogP contribution in [0, 0.1) is 0 Å². The van der Waals surface area contributed by atoms with Gasteiger partial charge in [-0.15, -0.1) is 0 Å². The van der Waals surface area contributed by atoms with E-state index in [1.807, 2.05) is 42.5 Å². The largest absolute Gasteiger partial charge is 0.497 e. The first-order valence-corrected chi connectivity index (χ1v) is 10.6. The number of ether oxygens (including phenoxy) is 1. The Hall–Kier alpha value is -2.34. The van der Waals surface area contributed by atoms with Gasteiger partial charge in [0.05, 0.1) is 17.9 Å². The van der Waals surface area contributed by atoms with Crippen molar-refractivity contribution in [1.29, 1.82) is 0 Å². The smallest absolute Gasteiger partial charge is 0.193 e. The van der Waals surface area contributed by atoms with Crippen molar-refractivity contribution in [1.82, 2.24) is 10.2 Å². The third-order valence-corrected chi connectivity index (χ3v) is 6.24. The zero-order valence-corrected chi connectivity index (χ0v) is 16.7. The Bertz CT molecular complexity index is 778. The average Bonchev–Trinajstić information content (AvgIpc) is 3.21. The molecule has 0 aliphatic carbocycles. The number of nitrogens with zero attached hydrogens (tertiary/aromatic N) is 2. The second-order valence-corrected chi connectivity index (χ2v) is 8.11. The summed E-state index contributed by atoms with van der Waals surface area (Å²) in [6.45, 7) is 2.55. The number of benzene rings is 2. The second-order valence-electron chi connectivity index (χ2n) is 6.54. The van der Waals surface area contributed by atoms with E-state index >= 15 is 0 Å². The Morgan fingerprint density at radius 2 is 1.96 bits per heavy atom. The summed E-state index contributed by atoms with van der Waals surface area (Å²) in [5.74, 6) is 2.83. The molecular weight excluding hydrogens is 358 g/mol. The third-order valence-electron chi connectivity index (χ3n) is 4.86. The highest BCUT2D eigenvalue weighted by molar-refractivity contribution is 7.85. The zero-order valence-electron chi connectivity index (χ0n) is 15.9. The molecule has 0 amide bonds. The summed E-state index contributed by atoms with van der Waals surface area (Å²) >= 11 is 0. The second kappa shape index (κ2) is 9.55. The van der Waals surface area contributed by atoms with Crippen LogP contribution in [0.25, 0.3) is 0 Å². The first-order valence-electron chi connectivity index (χ1n) is 9.24. The lowest BCUT2D eigenvalue weighted by atomic mass is 9.98. The van der Waals surface area contributed by atoms with Gasteiger partial charge >= 0.3 is 0 Å². The number of methoxy groups -OCH3 is 1. The lowest BCUT2D eigenvalue weighted by Crippen LogP contribution is -2.41. The number of guanidine groups is 1. The maximum absolute atomic E-state index is 12.3. The molecule has 1 fully saturated rings. The number of hydrogen-bond donors (Lipinski definition) is 1. The van der Waals surface area contributed by atoms with Gasteiger partial charge in [0.15, 0.2) is 5.96 Å². The van der Waals surface area contributed by atoms with Gasteiger partial charge in [0, 0.05) is 43.2 Å². The first kappa shape index (κ1) is 19.4. The topological polar surface area (TPSA) is 53.9 Å². The van der Waals surface area contributed by atoms with Crippen LogP contribution in [0.3, 0.4) is 0 Å². The van der Waals surface area contributed by atoms with Crippen molar-refractivity contribution in [3.05, 3.63) is 60.2 Å². The Kier molecular flexibility index (Phi) is 6.87. The van der Waals surface area contributed by atoms with Gasteiger partial charge in [-0.1, -0.05) is 30.3 Å². The third kappa shape index (κ3) is 5.10. The minimum atomic E-state index is -0.991. The van der Waals surface area contributed by atoms with Crippen LogP contribution in [0.15, 0.2) is 64.5 Å². The molecule has 5 nitrogen and oxygen atoms in total. The molecule has 2 atom stereocenters. The molecule has 0 spiro atoms. The summed E-state index contributed by atoms with van der Waals surface area (Å²) in [7, 11) is 2.50. The van der Waals surface area contributed by atoms with Gasteiger partial charge in [0.25, 0.3) is 0 Å². The molecular formula is C21H27N3O2S. The molecule has 6 heteroatoms. The fraction of sp³-hybridized carbons (Fsp3) is 0.381. The molecule has 1 saturated heterocycles. The van der Waals surface area contributed by atoms with Crippen molar-refractivity contribution in [2.24, 2.45) is 4.99 Å². The van der Waals surface area contributed by atoms with Crippen LogP contribution in [0.5, 0.6) is 5.75 Å². The first-order chi connectivity index (χ1) is 13.2. The molecule has 1 heterocycles. The van der Waals surface area contributed by atoms with Gasteiger partial charge in [-0.3, -0.25) is 9.20 Å². The highest BCUT2D eigenvalue weighted by Crippen LogP contribution is 2.28. The summed E-state index contributed by atoms with van der Waals surface area (Å²) in [5.41, 5.74) is 1.33. The van der Waals surface area contributed by atoms with E-state index in [4.69, 9.17) is 4.74 Å². The lowest BCUT2D eigenvalue weighted by Gasteiger charge is -2.21. The van der Waals surface area contributed by atoms with E-state index in [0.717, 1.165) is 36.1 Å². The predicted octanol–water partition coefficient (Wildman–Crippen LogP) is 2.87. The van der Waals surface area contributed by atoms with Crippen LogP contribution in [0.1, 0.15) is 17.9 Å². The summed E-state index contributed by atoms with van der Waals surface area (Å²) in [6.07, 6.45) is 1.10. The van der Waals surface area contributed by atoms with Crippen molar-refractivity contribution in [2.45, 2.75) is 17.2 Å². The molecule has 3 rings (SSSR count). The minimum absolute atomic E-state index is 0.493. The number of likely N-dealkylation sites (tertiary alicyclic amines) is 1. The molecule has 1 N–H and O–H groups in total. The average molecular weight is 386 g/mol. The van der Waals surface area contributed by atoms with Crippen LogP contribution >= 0.6 is 0 Å². The molecule has 1 aliphatic rings. The molecule has 0 bridgehead atoms. The Labute approximate surface area is 163 Å². The quantitative estimate of drug-likeness (QED) is 0.614. The minimum Gasteiger partial charge on any atom is -0.497 e. The molecule has 1 aliphatic heterocycles. The SMILES string of the molecule is CN=C(NCCS(=O)c1ccccc1)N1CCC(c2ccc(OC)cc2)C1. The van der Waals surface area contributed by atoms with Crippen LogP contribution in [-0.4, -0.2) is 54.6 Å². The van der Waals surface area contributed by atoms with E-state index < -0.39 is 10.8 Å². The molecule has 0 radical (unpaired) electrons. The van der Waals surface area contributed by atoms with Crippen LogP contribution in [0.4, 0.5) is 0 Å². The van der Waals surface area contributed by atoms with Gasteiger partial charge in [0.2, 0.25) is 0 Å². The van der Waals surface area contributed by atoms with Gasteiger partial charge in [0.1, 0.15) is 5.75 Å². The van der Waals surface area contributed by atoms with E-state index in [1.165, 1.54) is 5.56 Å². The van der Waals surface area contributed by atoms with Gasteiger partial charge in [-0.05, 0) is 36.2 Å². The van der Waals surface area contributed by atoms with Crippen LogP contribution < -0.4 is 10.1 Å². The van der Waals surface area contributed by atoms with E-state index in [1.54, 1.807) is 14.2 Å². The van der Waals surface area contributed by atoms with Gasteiger partial charge < -0.3 is 15.0 Å². The molecule has 0 saturated carbocycles. The van der Waals surface area contributed by atoms with E-state index in [-0.39, 0.29) is 0 Å². The monoisotopic (exact) mass is 385 g/mol. The normalized spacial score (nSPS) is 18.4. The van der Waals surface area contributed by atoms with Crippen molar-refractivity contribution in [3.63, 3.8) is 0 Å². The Morgan fingerprint density at radius 1 is 1.22 bits per heavy atom. The summed E-state index contributed by atoms with van der Waals surface area (Å²) in [5, 5.41) is 3.37. The standard InChI is InChI=1S/C21H27N3O2S/c1-22-21(23-13-15-27(25)20-6-4-3-5-7-20)24-14-12-18(16-24)17-8-10-19(26-2)11-9-17/h3-11,18H,12-16H2,1-2H3,(H,22,23). The highest BCUT2D eigenvalue weighted by Gasteiger charge is 2.26. The zero-order chi connectivity index (χ0) is 19.1. The fourth-order valence-corrected chi connectivity index (χ4v) is 4.36. The summed E-state index contributed by atoms with van der Waals surface area (Å²) in [6, 6.07) is 17.9. The van der Waals surface area contributed by atoms with Crippen molar-refractivity contribution >= 4 is 16.8 Å². The number of hydrogen-bond acceptors (Lipinski definition) is 3. The number of nitrogens with one attached hydrogen (secondary N) is 1. The maximum atomic E-state index is 12.3. The fourth-order valence-electron chi connectivity index (χ4n) is 3.38. The van der Waals surface area contributed by atoms with Crippen molar-refractivity contribution in [3.8, 4) is 5.75 Å². The molecule has 144 valence electrons. The summed E-state index contributed by atoms with van der Waals surface area (Å²) < 4.78 is 17.6. The van der Waals surface area contributed by atoms with Gasteiger partial charge in [-0.25, -0.2) is 0 Å². The molecule has 2 aromatic rings. The predicted molar refractivity (Wildman–Crippen MR) is 111 cm³/mol. The van der Waals surface area contributed by atoms with E-state index in [2.05, 4.69) is 27.3 Å². The molecule has 2 aromatic carbocycles. The van der Waals surface area contributed by atoms with Crippen molar-refractivity contribution in [2.75, 3.05) is 39.5 Å².